The van der Waals surface area contributed by atoms with Crippen molar-refractivity contribution in [3.63, 3.8) is 0 Å². The van der Waals surface area contributed by atoms with Crippen molar-refractivity contribution in [2.24, 2.45) is 5.92 Å². The van der Waals surface area contributed by atoms with E-state index < -0.39 is 14.1 Å². The molecule has 24 heavy (non-hydrogen) atoms. The third kappa shape index (κ3) is 3.47. The molecule has 2 aliphatic rings. The van der Waals surface area contributed by atoms with Gasteiger partial charge in [-0.05, 0) is 37.4 Å². The van der Waals surface area contributed by atoms with E-state index in [2.05, 4.69) is 55.4 Å². The van der Waals surface area contributed by atoms with Crippen LogP contribution < -0.4 is 0 Å². The van der Waals surface area contributed by atoms with E-state index in [1.165, 1.54) is 0 Å². The summed E-state index contributed by atoms with van der Waals surface area (Å²) >= 11 is 0. The molecule has 0 radical (unpaired) electrons. The molecule has 142 valence electrons. The van der Waals surface area contributed by atoms with Crippen LogP contribution in [0.1, 0.15) is 69.2 Å². The van der Waals surface area contributed by atoms with E-state index >= 15 is 0 Å². The van der Waals surface area contributed by atoms with Gasteiger partial charge in [-0.2, -0.15) is 0 Å². The fourth-order valence-electron chi connectivity index (χ4n) is 4.82. The van der Waals surface area contributed by atoms with Gasteiger partial charge in [0.1, 0.15) is 6.10 Å². The molecule has 0 aromatic carbocycles. The molecule has 0 aromatic heterocycles. The Kier molecular flexibility index (Phi) is 5.93. The summed E-state index contributed by atoms with van der Waals surface area (Å²) in [4.78, 5) is 0. The lowest BCUT2D eigenvalue weighted by molar-refractivity contribution is -0.232. The fraction of sp³-hybridized carbons (Fsp3) is 1.00. The van der Waals surface area contributed by atoms with Crippen LogP contribution in [0.2, 0.25) is 16.6 Å². The summed E-state index contributed by atoms with van der Waals surface area (Å²) in [5.74, 6) is -0.277. The Morgan fingerprint density at radius 2 is 1.29 bits per heavy atom. The van der Waals surface area contributed by atoms with E-state index in [9.17, 15) is 0 Å². The highest BCUT2D eigenvalue weighted by atomic mass is 28.4. The van der Waals surface area contributed by atoms with E-state index in [4.69, 9.17) is 18.6 Å². The van der Waals surface area contributed by atoms with Crippen molar-refractivity contribution < 1.29 is 18.6 Å². The standard InChI is InChI=1S/C19H38O4Si/c1-11(2)24(12(3)4,13(5)6)23-18-17-16(14(7)15(8)20-18)21-19(9,10)22-17/h11-18H,1-10H3/t14-,15?,16-,17?,18-/m0/s1. The molecule has 2 saturated heterocycles. The summed E-state index contributed by atoms with van der Waals surface area (Å²) in [6.07, 6.45) is -0.338. The van der Waals surface area contributed by atoms with Crippen LogP contribution in [-0.2, 0) is 18.6 Å². The second-order valence-electron chi connectivity index (χ2n) is 9.07. The monoisotopic (exact) mass is 358 g/mol. The summed E-state index contributed by atoms with van der Waals surface area (Å²) < 4.78 is 25.6. The van der Waals surface area contributed by atoms with Crippen LogP contribution in [0.3, 0.4) is 0 Å². The Morgan fingerprint density at radius 1 is 0.833 bits per heavy atom. The number of hydrogen-bond donors (Lipinski definition) is 0. The predicted octanol–water partition coefficient (Wildman–Crippen LogP) is 5.08. The summed E-state index contributed by atoms with van der Waals surface area (Å²) in [6.45, 7) is 22.1. The summed E-state index contributed by atoms with van der Waals surface area (Å²) in [5, 5.41) is 0. The maximum Gasteiger partial charge on any atom is 0.203 e. The lowest BCUT2D eigenvalue weighted by atomic mass is 9.92. The molecule has 0 spiro atoms. The highest BCUT2D eigenvalue weighted by Gasteiger charge is 2.56. The number of fused-ring (bicyclic) bond motifs is 1. The summed E-state index contributed by atoms with van der Waals surface area (Å²) in [7, 11) is -2.03. The van der Waals surface area contributed by atoms with Crippen molar-refractivity contribution in [1.82, 2.24) is 0 Å². The van der Waals surface area contributed by atoms with E-state index in [-0.39, 0.29) is 24.6 Å². The fourth-order valence-corrected chi connectivity index (χ4v) is 10.2. The molecular formula is C19H38O4Si. The Bertz CT molecular complexity index is 413. The molecule has 0 saturated carbocycles. The van der Waals surface area contributed by atoms with Gasteiger partial charge in [0.15, 0.2) is 12.1 Å². The first-order valence-corrected chi connectivity index (χ1v) is 11.7. The zero-order valence-corrected chi connectivity index (χ0v) is 18.3. The topological polar surface area (TPSA) is 36.9 Å². The molecule has 0 aliphatic carbocycles. The van der Waals surface area contributed by atoms with Crippen LogP contribution in [0.4, 0.5) is 0 Å². The maximum atomic E-state index is 6.90. The van der Waals surface area contributed by atoms with E-state index in [0.29, 0.717) is 22.5 Å². The highest BCUT2D eigenvalue weighted by molar-refractivity contribution is 6.77. The average Bonchev–Trinajstić information content (AvgIpc) is 2.76. The van der Waals surface area contributed by atoms with Gasteiger partial charge in [-0.15, -0.1) is 0 Å². The number of ether oxygens (including phenoxy) is 3. The van der Waals surface area contributed by atoms with Crippen molar-refractivity contribution in [2.75, 3.05) is 0 Å². The average molecular weight is 359 g/mol. The zero-order valence-electron chi connectivity index (χ0n) is 17.3. The van der Waals surface area contributed by atoms with Crippen LogP contribution >= 0.6 is 0 Å². The predicted molar refractivity (Wildman–Crippen MR) is 99.5 cm³/mol. The molecular weight excluding hydrogens is 320 g/mol. The van der Waals surface area contributed by atoms with Crippen LogP contribution in [0.5, 0.6) is 0 Å². The quantitative estimate of drug-likeness (QED) is 0.642. The Balaban J connectivity index is 2.32. The molecule has 5 heteroatoms. The van der Waals surface area contributed by atoms with Gasteiger partial charge in [0.2, 0.25) is 8.32 Å². The Morgan fingerprint density at radius 3 is 1.75 bits per heavy atom. The minimum absolute atomic E-state index is 0.0342. The van der Waals surface area contributed by atoms with Gasteiger partial charge in [0, 0.05) is 5.92 Å². The second kappa shape index (κ2) is 6.99. The molecule has 4 nitrogen and oxygen atoms in total. The van der Waals surface area contributed by atoms with Crippen molar-refractivity contribution >= 4 is 8.32 Å². The molecule has 2 aliphatic heterocycles. The van der Waals surface area contributed by atoms with E-state index in [1.54, 1.807) is 0 Å². The SMILES string of the molecule is CC1O[C@@H](O[Si](C(C)C)(C(C)C)C(C)C)C2OC(C)(C)O[C@H]2[C@H]1C. The highest BCUT2D eigenvalue weighted by Crippen LogP contribution is 2.47. The van der Waals surface area contributed by atoms with Gasteiger partial charge in [0.25, 0.3) is 0 Å². The molecule has 0 aromatic rings. The van der Waals surface area contributed by atoms with Gasteiger partial charge < -0.3 is 18.6 Å². The third-order valence-corrected chi connectivity index (χ3v) is 12.1. The van der Waals surface area contributed by atoms with Crippen LogP contribution in [0.25, 0.3) is 0 Å². The minimum atomic E-state index is -2.03. The van der Waals surface area contributed by atoms with Gasteiger partial charge in [-0.25, -0.2) is 0 Å². The van der Waals surface area contributed by atoms with Crippen molar-refractivity contribution in [2.45, 2.75) is 116 Å². The third-order valence-electron chi connectivity index (χ3n) is 6.07. The van der Waals surface area contributed by atoms with Crippen molar-refractivity contribution in [3.8, 4) is 0 Å². The molecule has 0 amide bonds. The van der Waals surface area contributed by atoms with Crippen molar-refractivity contribution in [1.29, 1.82) is 0 Å². The first kappa shape index (κ1) is 20.4. The molecule has 2 rings (SSSR count). The van der Waals surface area contributed by atoms with Crippen LogP contribution in [0, 0.1) is 5.92 Å². The molecule has 2 unspecified atom stereocenters. The van der Waals surface area contributed by atoms with Gasteiger partial charge in [-0.1, -0.05) is 48.5 Å². The van der Waals surface area contributed by atoms with Gasteiger partial charge in [-0.3, -0.25) is 0 Å². The van der Waals surface area contributed by atoms with Crippen LogP contribution in [-0.4, -0.2) is 38.7 Å². The normalized spacial score (nSPS) is 36.6. The second-order valence-corrected chi connectivity index (χ2v) is 14.5. The molecule has 5 atom stereocenters. The number of rotatable bonds is 5. The minimum Gasteiger partial charge on any atom is -0.389 e. The summed E-state index contributed by atoms with van der Waals surface area (Å²) in [6, 6.07) is 0. The smallest absolute Gasteiger partial charge is 0.203 e. The van der Waals surface area contributed by atoms with E-state index in [1.807, 2.05) is 13.8 Å². The first-order chi connectivity index (χ1) is 10.9. The number of hydrogen-bond acceptors (Lipinski definition) is 4. The molecule has 0 bridgehead atoms. The zero-order chi connectivity index (χ0) is 18.4. The molecule has 2 fully saturated rings. The molecule has 2 heterocycles. The maximum absolute atomic E-state index is 6.90. The lowest BCUT2D eigenvalue weighted by Crippen LogP contribution is -2.58. The van der Waals surface area contributed by atoms with Gasteiger partial charge >= 0.3 is 0 Å². The Labute approximate surface area is 149 Å². The van der Waals surface area contributed by atoms with Crippen molar-refractivity contribution in [3.05, 3.63) is 0 Å². The molecule has 0 N–H and O–H groups in total. The first-order valence-electron chi connectivity index (χ1n) is 9.61. The van der Waals surface area contributed by atoms with E-state index in [0.717, 1.165) is 0 Å². The largest absolute Gasteiger partial charge is 0.389 e. The van der Waals surface area contributed by atoms with Gasteiger partial charge in [0.05, 0.1) is 12.2 Å². The van der Waals surface area contributed by atoms with Crippen LogP contribution in [0.15, 0.2) is 0 Å². The Hall–Kier alpha value is 0.0569. The lowest BCUT2D eigenvalue weighted by Gasteiger charge is -2.48. The summed E-state index contributed by atoms with van der Waals surface area (Å²) in [5.41, 5.74) is 1.55.